The molecule has 0 fully saturated rings. The molecule has 0 saturated carbocycles. The molecule has 2 aromatic rings. The highest BCUT2D eigenvalue weighted by Gasteiger charge is 2.15. The summed E-state index contributed by atoms with van der Waals surface area (Å²) in [6, 6.07) is 14.7. The third-order valence-corrected chi connectivity index (χ3v) is 3.81. The lowest BCUT2D eigenvalue weighted by atomic mass is 10.2. The Balaban J connectivity index is 1.58. The van der Waals surface area contributed by atoms with Gasteiger partial charge in [0.15, 0.2) is 0 Å². The van der Waals surface area contributed by atoms with Crippen LogP contribution in [0.2, 0.25) is 0 Å². The van der Waals surface area contributed by atoms with E-state index < -0.39 is 5.97 Å². The van der Waals surface area contributed by atoms with Gasteiger partial charge in [-0.1, -0.05) is 30.3 Å². The van der Waals surface area contributed by atoms with Crippen molar-refractivity contribution in [3.8, 4) is 11.5 Å². The van der Waals surface area contributed by atoms with Crippen molar-refractivity contribution in [2.75, 3.05) is 26.3 Å². The second kappa shape index (κ2) is 7.15. The Hall–Kier alpha value is -2.53. The van der Waals surface area contributed by atoms with Crippen LogP contribution in [0.1, 0.15) is 15.9 Å². The first-order valence-electron chi connectivity index (χ1n) is 7.62. The number of para-hydroxylation sites is 2. The van der Waals surface area contributed by atoms with E-state index in [4.69, 9.17) is 14.6 Å². The second-order valence-corrected chi connectivity index (χ2v) is 5.38. The third kappa shape index (κ3) is 3.81. The van der Waals surface area contributed by atoms with Gasteiger partial charge in [0.05, 0.1) is 0 Å². The lowest BCUT2D eigenvalue weighted by Gasteiger charge is -2.19. The molecule has 0 aliphatic carbocycles. The second-order valence-electron chi connectivity index (χ2n) is 5.38. The first-order chi connectivity index (χ1) is 11.2. The molecule has 0 aromatic heterocycles. The normalized spacial score (nSPS) is 14.4. The number of nitrogens with zero attached hydrogens (tertiary/aromatic N) is 1. The van der Waals surface area contributed by atoms with Gasteiger partial charge in [0, 0.05) is 25.2 Å². The van der Waals surface area contributed by atoms with Gasteiger partial charge in [-0.05, 0) is 18.2 Å². The zero-order valence-electron chi connectivity index (χ0n) is 12.8. The molecule has 23 heavy (non-hydrogen) atoms. The van der Waals surface area contributed by atoms with Gasteiger partial charge < -0.3 is 14.6 Å². The number of benzene rings is 2. The molecule has 0 atom stereocenters. The summed E-state index contributed by atoms with van der Waals surface area (Å²) in [5.41, 5.74) is 1.35. The molecule has 1 N–H and O–H groups in total. The van der Waals surface area contributed by atoms with E-state index in [1.165, 1.54) is 0 Å². The van der Waals surface area contributed by atoms with Crippen molar-refractivity contribution in [2.24, 2.45) is 0 Å². The summed E-state index contributed by atoms with van der Waals surface area (Å²) in [7, 11) is 0. The molecule has 1 aliphatic heterocycles. The highest BCUT2D eigenvalue weighted by molar-refractivity contribution is 5.90. The molecule has 120 valence electrons. The minimum atomic E-state index is -0.974. The Morgan fingerprint density at radius 3 is 2.83 bits per heavy atom. The maximum Gasteiger partial charge on any atom is 0.339 e. The first kappa shape index (κ1) is 15.4. The summed E-state index contributed by atoms with van der Waals surface area (Å²) in [4.78, 5) is 13.4. The van der Waals surface area contributed by atoms with Crippen LogP contribution in [0.3, 0.4) is 0 Å². The van der Waals surface area contributed by atoms with E-state index in [0.717, 1.165) is 24.4 Å². The number of hydrogen-bond acceptors (Lipinski definition) is 4. The Bertz CT molecular complexity index is 686. The van der Waals surface area contributed by atoms with E-state index >= 15 is 0 Å². The van der Waals surface area contributed by atoms with Crippen molar-refractivity contribution in [1.82, 2.24) is 4.90 Å². The Morgan fingerprint density at radius 1 is 1.17 bits per heavy atom. The fraction of sp³-hybridized carbons (Fsp3) is 0.278. The van der Waals surface area contributed by atoms with Crippen molar-refractivity contribution in [2.45, 2.75) is 6.54 Å². The van der Waals surface area contributed by atoms with Crippen LogP contribution in [0.5, 0.6) is 11.5 Å². The molecule has 0 saturated heterocycles. The summed E-state index contributed by atoms with van der Waals surface area (Å²) in [6.07, 6.45) is 0. The zero-order valence-corrected chi connectivity index (χ0v) is 12.8. The number of hydrogen-bond donors (Lipinski definition) is 1. The smallest absolute Gasteiger partial charge is 0.339 e. The van der Waals surface area contributed by atoms with E-state index in [0.29, 0.717) is 25.5 Å². The van der Waals surface area contributed by atoms with Gasteiger partial charge in [-0.2, -0.15) is 0 Å². The van der Waals surface area contributed by atoms with Gasteiger partial charge in [0.1, 0.15) is 30.3 Å². The summed E-state index contributed by atoms with van der Waals surface area (Å²) < 4.78 is 11.4. The fourth-order valence-corrected chi connectivity index (χ4v) is 2.62. The largest absolute Gasteiger partial charge is 0.492 e. The molecule has 0 amide bonds. The molecule has 0 radical (unpaired) electrons. The molecule has 1 heterocycles. The molecular formula is C18H19NO4. The summed E-state index contributed by atoms with van der Waals surface area (Å²) in [5, 5.41) is 9.15. The number of carboxylic acids is 1. The standard InChI is InChI=1S/C18H19NO4/c20-18(21)15-6-2-4-8-17(15)23-12-10-19-9-11-22-16-7-3-1-5-14(16)13-19/h1-8H,9-13H2,(H,20,21). The predicted molar refractivity (Wildman–Crippen MR) is 86.1 cm³/mol. The van der Waals surface area contributed by atoms with Crippen LogP contribution < -0.4 is 9.47 Å². The van der Waals surface area contributed by atoms with Gasteiger partial charge in [-0.25, -0.2) is 4.79 Å². The van der Waals surface area contributed by atoms with Crippen LogP contribution >= 0.6 is 0 Å². The quantitative estimate of drug-likeness (QED) is 0.919. The van der Waals surface area contributed by atoms with Crippen molar-refractivity contribution >= 4 is 5.97 Å². The highest BCUT2D eigenvalue weighted by atomic mass is 16.5. The topological polar surface area (TPSA) is 59.0 Å². The molecule has 5 heteroatoms. The highest BCUT2D eigenvalue weighted by Crippen LogP contribution is 2.22. The number of carboxylic acid groups (broad SMARTS) is 1. The van der Waals surface area contributed by atoms with Gasteiger partial charge in [-0.3, -0.25) is 4.90 Å². The van der Waals surface area contributed by atoms with Crippen molar-refractivity contribution < 1.29 is 19.4 Å². The minimum absolute atomic E-state index is 0.192. The molecular weight excluding hydrogens is 294 g/mol. The Kier molecular flexibility index (Phi) is 4.78. The molecule has 0 spiro atoms. The third-order valence-electron chi connectivity index (χ3n) is 3.81. The van der Waals surface area contributed by atoms with Crippen LogP contribution in [0.4, 0.5) is 0 Å². The summed E-state index contributed by atoms with van der Waals surface area (Å²) >= 11 is 0. The first-order valence-corrected chi connectivity index (χ1v) is 7.62. The van der Waals surface area contributed by atoms with Crippen LogP contribution in [-0.4, -0.2) is 42.3 Å². The number of rotatable bonds is 5. The number of carbonyl (C=O) groups is 1. The number of aromatic carboxylic acids is 1. The summed E-state index contributed by atoms with van der Waals surface area (Å²) in [6.45, 7) is 3.42. The molecule has 1 aliphatic rings. The molecule has 2 aromatic carbocycles. The van der Waals surface area contributed by atoms with Crippen molar-refractivity contribution in [3.63, 3.8) is 0 Å². The van der Waals surface area contributed by atoms with Crippen molar-refractivity contribution in [3.05, 3.63) is 59.7 Å². The maximum absolute atomic E-state index is 11.2. The van der Waals surface area contributed by atoms with E-state index in [1.54, 1.807) is 24.3 Å². The molecule has 0 bridgehead atoms. The monoisotopic (exact) mass is 313 g/mol. The molecule has 3 rings (SSSR count). The number of fused-ring (bicyclic) bond motifs is 1. The van der Waals surface area contributed by atoms with Crippen molar-refractivity contribution in [1.29, 1.82) is 0 Å². The maximum atomic E-state index is 11.2. The summed E-state index contributed by atoms with van der Waals surface area (Å²) in [5.74, 6) is 0.372. The van der Waals surface area contributed by atoms with Crippen LogP contribution in [-0.2, 0) is 6.54 Å². The van der Waals surface area contributed by atoms with E-state index in [2.05, 4.69) is 11.0 Å². The minimum Gasteiger partial charge on any atom is -0.492 e. The number of ether oxygens (including phenoxy) is 2. The van der Waals surface area contributed by atoms with Gasteiger partial charge >= 0.3 is 5.97 Å². The average molecular weight is 313 g/mol. The SMILES string of the molecule is O=C(O)c1ccccc1OCCN1CCOc2ccccc2C1. The zero-order chi connectivity index (χ0) is 16.1. The Morgan fingerprint density at radius 2 is 1.96 bits per heavy atom. The van der Waals surface area contributed by atoms with Gasteiger partial charge in [-0.15, -0.1) is 0 Å². The van der Waals surface area contributed by atoms with Crippen LogP contribution in [0.15, 0.2) is 48.5 Å². The van der Waals surface area contributed by atoms with Crippen LogP contribution in [0.25, 0.3) is 0 Å². The van der Waals surface area contributed by atoms with Gasteiger partial charge in [0.25, 0.3) is 0 Å². The average Bonchev–Trinajstić information content (AvgIpc) is 2.77. The van der Waals surface area contributed by atoms with E-state index in [-0.39, 0.29) is 5.56 Å². The van der Waals surface area contributed by atoms with Gasteiger partial charge in [0.2, 0.25) is 0 Å². The van der Waals surface area contributed by atoms with E-state index in [1.807, 2.05) is 18.2 Å². The van der Waals surface area contributed by atoms with Crippen LogP contribution in [0, 0.1) is 0 Å². The molecule has 0 unspecified atom stereocenters. The van der Waals surface area contributed by atoms with E-state index in [9.17, 15) is 4.79 Å². The lowest BCUT2D eigenvalue weighted by Crippen LogP contribution is -2.30. The fourth-order valence-electron chi connectivity index (χ4n) is 2.62. The predicted octanol–water partition coefficient (Wildman–Crippen LogP) is 2.66. The Labute approximate surface area is 135 Å². The molecule has 5 nitrogen and oxygen atoms in total. The lowest BCUT2D eigenvalue weighted by molar-refractivity contribution is 0.0691.